The number of ketones is 3. The number of carbonyl (C=O) groups is 17. The van der Waals surface area contributed by atoms with E-state index in [0.29, 0.717) is 57.3 Å². The van der Waals surface area contributed by atoms with Crippen molar-refractivity contribution >= 4 is 101 Å². The Hall–Kier alpha value is -9.17. The fraction of sp³-hybridized carbons (Fsp3) is 0.681. The summed E-state index contributed by atoms with van der Waals surface area (Å²) < 4.78 is 40.9. The number of aliphatic carboxylic acids is 2. The van der Waals surface area contributed by atoms with Crippen molar-refractivity contribution in [2.45, 2.75) is 197 Å². The van der Waals surface area contributed by atoms with E-state index < -0.39 is 156 Å². The molecule has 12 atom stereocenters. The third-order valence-corrected chi connectivity index (χ3v) is 18.7. The molecule has 2 N–H and O–H groups in total. The molecule has 4 aliphatic heterocycles. The van der Waals surface area contributed by atoms with Crippen LogP contribution in [0.15, 0.2) is 24.8 Å². The van der Waals surface area contributed by atoms with Gasteiger partial charge in [0.25, 0.3) is 0 Å². The molecule has 0 saturated carbocycles. The highest BCUT2D eigenvalue weighted by Crippen LogP contribution is 2.45. The first-order valence-electron chi connectivity index (χ1n) is 34.5. The molecule has 0 aliphatic carbocycles. The Morgan fingerprint density at radius 2 is 0.961 bits per heavy atom. The van der Waals surface area contributed by atoms with Crippen LogP contribution in [-0.2, 0) is 119 Å². The lowest BCUT2D eigenvalue weighted by atomic mass is 9.66. The number of cyclic esters (lactones) is 2. The third-order valence-electron chi connectivity index (χ3n) is 18.7. The summed E-state index contributed by atoms with van der Waals surface area (Å²) >= 11 is 0. The number of esters is 9. The van der Waals surface area contributed by atoms with Crippen LogP contribution in [-0.4, -0.2) is 210 Å². The van der Waals surface area contributed by atoms with Crippen LogP contribution >= 0.6 is 0 Å². The molecule has 12 unspecified atom stereocenters. The maximum absolute atomic E-state index is 13.5. The molecule has 0 aromatic heterocycles. The van der Waals surface area contributed by atoms with Crippen molar-refractivity contribution in [2.75, 3.05) is 65.9 Å². The Kier molecular flexibility index (Phi) is 38.0. The number of amides is 3. The Labute approximate surface area is 595 Å². The second-order valence-electron chi connectivity index (χ2n) is 25.9. The van der Waals surface area contributed by atoms with Gasteiger partial charge < -0.3 is 62.8 Å². The molecular formula is C72H103N3O27. The van der Waals surface area contributed by atoms with Crippen molar-refractivity contribution in [1.82, 2.24) is 14.7 Å². The van der Waals surface area contributed by atoms with Gasteiger partial charge in [0.15, 0.2) is 12.4 Å². The summed E-state index contributed by atoms with van der Waals surface area (Å²) in [7, 11) is 0. The Balaban J connectivity index is 0.000000528. The van der Waals surface area contributed by atoms with Crippen LogP contribution in [0.3, 0.4) is 0 Å². The normalized spacial score (nSPS) is 19.0. The second-order valence-corrected chi connectivity index (χ2v) is 25.9. The van der Waals surface area contributed by atoms with E-state index >= 15 is 0 Å². The van der Waals surface area contributed by atoms with Crippen molar-refractivity contribution in [3.8, 4) is 12.3 Å². The van der Waals surface area contributed by atoms with Crippen molar-refractivity contribution in [2.24, 2.45) is 52.3 Å². The lowest BCUT2D eigenvalue weighted by Crippen LogP contribution is -2.55. The molecule has 0 aromatic carbocycles. The molecule has 30 nitrogen and oxygen atoms in total. The molecule has 4 heterocycles. The van der Waals surface area contributed by atoms with Gasteiger partial charge in [-0.1, -0.05) is 66.2 Å². The van der Waals surface area contributed by atoms with Gasteiger partial charge in [-0.2, -0.15) is 0 Å². The first-order valence-corrected chi connectivity index (χ1v) is 34.5. The van der Waals surface area contributed by atoms with Crippen LogP contribution in [0, 0.1) is 64.6 Å². The van der Waals surface area contributed by atoms with Crippen LogP contribution in [0.1, 0.15) is 179 Å². The predicted octanol–water partition coefficient (Wildman–Crippen LogP) is 5.48. The zero-order valence-electron chi connectivity index (χ0n) is 60.7. The molecule has 0 radical (unpaired) electrons. The number of terminal acetylenes is 1. The second kappa shape index (κ2) is 43.6. The molecule has 102 heavy (non-hydrogen) atoms. The Morgan fingerprint density at radius 3 is 1.30 bits per heavy atom. The first kappa shape index (κ1) is 88.9. The lowest BCUT2D eigenvalue weighted by molar-refractivity contribution is -0.180. The minimum absolute atomic E-state index is 0.0000610. The minimum Gasteiger partial charge on any atom is -0.481 e. The van der Waals surface area contributed by atoms with Gasteiger partial charge in [0, 0.05) is 69.4 Å². The van der Waals surface area contributed by atoms with Crippen LogP contribution in [0.4, 0.5) is 0 Å². The summed E-state index contributed by atoms with van der Waals surface area (Å²) in [6.07, 6.45) is 9.68. The highest BCUT2D eigenvalue weighted by atomic mass is 16.6. The third kappa shape index (κ3) is 25.4. The van der Waals surface area contributed by atoms with Crippen LogP contribution in [0.2, 0.25) is 0 Å². The Bertz CT molecular complexity index is 3110. The number of rotatable bonds is 42. The number of hydrogen-bond acceptors (Lipinski definition) is 25. The number of carbonyl (C=O) groups excluding carboxylic acids is 15. The minimum atomic E-state index is -1.72. The first-order chi connectivity index (χ1) is 48.1. The topological polar surface area (TPSA) is 414 Å². The lowest BCUT2D eigenvalue weighted by Gasteiger charge is -2.41. The molecule has 0 bridgehead atoms. The summed E-state index contributed by atoms with van der Waals surface area (Å²) in [6.45, 7) is 23.4. The summed E-state index contributed by atoms with van der Waals surface area (Å²) in [4.78, 5) is 214. The molecule has 0 spiro atoms. The fourth-order valence-electron chi connectivity index (χ4n) is 13.2. The number of hydrogen-bond donors (Lipinski definition) is 2. The predicted molar refractivity (Wildman–Crippen MR) is 358 cm³/mol. The van der Waals surface area contributed by atoms with Crippen LogP contribution < -0.4 is 0 Å². The maximum atomic E-state index is 13.5. The van der Waals surface area contributed by atoms with Crippen molar-refractivity contribution in [1.29, 1.82) is 0 Å². The number of carboxylic acids is 2. The fourth-order valence-corrected chi connectivity index (χ4v) is 13.2. The van der Waals surface area contributed by atoms with Gasteiger partial charge in [-0.3, -0.25) is 81.5 Å². The highest BCUT2D eigenvalue weighted by molar-refractivity contribution is 5.98. The molecule has 568 valence electrons. The number of nitrogens with zero attached hydrogens (tertiary/aromatic N) is 3. The molecule has 30 heteroatoms. The largest absolute Gasteiger partial charge is 0.481 e. The van der Waals surface area contributed by atoms with E-state index in [2.05, 4.69) is 19.1 Å². The van der Waals surface area contributed by atoms with Gasteiger partial charge in [0.05, 0.1) is 66.0 Å². The summed E-state index contributed by atoms with van der Waals surface area (Å²) in [5.74, 6) is -17.1. The van der Waals surface area contributed by atoms with E-state index in [9.17, 15) is 91.7 Å². The number of ether oxygens (including phenoxy) is 8. The van der Waals surface area contributed by atoms with Gasteiger partial charge in [0.1, 0.15) is 50.8 Å². The quantitative estimate of drug-likeness (QED) is 0.0145. The van der Waals surface area contributed by atoms with Crippen LogP contribution in [0.25, 0.3) is 0 Å². The molecule has 4 fully saturated rings. The van der Waals surface area contributed by atoms with Gasteiger partial charge >= 0.3 is 65.7 Å². The summed E-state index contributed by atoms with van der Waals surface area (Å²) in [5, 5.41) is 20.6. The summed E-state index contributed by atoms with van der Waals surface area (Å²) in [5.41, 5.74) is -2.70. The van der Waals surface area contributed by atoms with E-state index in [1.54, 1.807) is 39.5 Å². The zero-order chi connectivity index (χ0) is 77.4. The van der Waals surface area contributed by atoms with E-state index in [-0.39, 0.29) is 126 Å². The van der Waals surface area contributed by atoms with E-state index in [0.717, 1.165) is 12.5 Å². The molecule has 4 rings (SSSR count). The number of Topliss-reactive ketones (excluding diaryl/α,β-unsaturated/α-hetero) is 2. The zero-order valence-corrected chi connectivity index (χ0v) is 60.7. The van der Waals surface area contributed by atoms with E-state index in [1.165, 1.54) is 37.5 Å². The van der Waals surface area contributed by atoms with Gasteiger partial charge in [-0.15, -0.1) is 6.42 Å². The average Bonchev–Trinajstić information content (AvgIpc) is 1.10. The SMILES string of the molecule is C#CCOC(=O)C(C(C(=O)O)C(CC)N1CCCC1=O)C(C)(CC)C(=O)OCCOC(=O)CC(C)=O.C=C(C)CC(=O)OCC(CC)C1C(=O)OC(=O)C1C(CC)N1CCCC1=O.C=CC(=O)CCOC(=O)C(C(C(=O)O)C(CC)N1CCCC1=O)C(C)(CC)C(=O)OCCOC(=O)CC(C)=O. The number of allylic oxidation sites excluding steroid dienone is 1. The van der Waals surface area contributed by atoms with Gasteiger partial charge in [-0.25, -0.2) is 0 Å². The van der Waals surface area contributed by atoms with Crippen molar-refractivity contribution < 1.29 is 130 Å². The van der Waals surface area contributed by atoms with Gasteiger partial charge in [0.2, 0.25) is 17.7 Å². The van der Waals surface area contributed by atoms with Crippen LogP contribution in [0.5, 0.6) is 0 Å². The van der Waals surface area contributed by atoms with Gasteiger partial charge in [-0.05, 0) is 98.5 Å². The summed E-state index contributed by atoms with van der Waals surface area (Å²) in [6, 6.07) is -2.15. The van der Waals surface area contributed by atoms with E-state index in [1.807, 2.05) is 13.8 Å². The standard InChI is InChI=1S/C27H39NO11.C25H35NO10.C20H29NO6/c1-6-18(30)11-13-38-25(35)23(22(24(33)34)19(7-2)28-12-9-10-20(28)31)27(5,8-3)26(36)39-15-14-37-21(32)16-17(4)29;1-6-12-35-23(32)21(20(22(30)31)17(7-2)26-11-9-10-18(26)28)25(5,8-3)24(33)36-14-13-34-19(29)15-16(4)27;1-5-13(11-26-16(23)10-12(3)4)17-18(20(25)27-19(17)24)14(6-2)21-9-7-8-15(21)22/h6,19,22-23H,1,7-16H2,2-5H3,(H,33,34);1,17,20-21H,7-15H2,2-5H3,(H,30,31);13-14,17-18H,3,5-11H2,1-2,4H3. The van der Waals surface area contributed by atoms with Crippen molar-refractivity contribution in [3.05, 3.63) is 24.8 Å². The average molecular weight is 1440 g/mol. The number of carboxylic acid groups (broad SMARTS) is 2. The van der Waals surface area contributed by atoms with Crippen molar-refractivity contribution in [3.63, 3.8) is 0 Å². The molecule has 3 amide bonds. The molecule has 0 aromatic rings. The number of likely N-dealkylation sites (tertiary alicyclic amines) is 3. The highest BCUT2D eigenvalue weighted by Gasteiger charge is 2.58. The van der Waals surface area contributed by atoms with E-state index in [4.69, 9.17) is 44.3 Å². The smallest absolute Gasteiger partial charge is 0.319 e. The molecule has 4 saturated heterocycles. The molecule has 4 aliphatic rings. The molecular weight excluding hydrogens is 1340 g/mol. The maximum Gasteiger partial charge on any atom is 0.319 e. The Morgan fingerprint density at radius 1 is 0.559 bits per heavy atom. The monoisotopic (exact) mass is 1440 g/mol.